The number of thiazole rings is 1. The van der Waals surface area contributed by atoms with Crippen molar-refractivity contribution in [1.29, 1.82) is 0 Å². The number of halogens is 3. The van der Waals surface area contributed by atoms with Crippen LogP contribution in [0.25, 0.3) is 10.6 Å². The first-order chi connectivity index (χ1) is 12.4. The second-order valence-corrected chi connectivity index (χ2v) is 6.66. The number of hydrogen-bond donors (Lipinski definition) is 0. The molecule has 0 saturated heterocycles. The van der Waals surface area contributed by atoms with Crippen LogP contribution in [0, 0.1) is 0 Å². The zero-order valence-electron chi connectivity index (χ0n) is 14.0. The molecular formula is C17H17F3N2O3S. The molecule has 0 atom stereocenters. The zero-order chi connectivity index (χ0) is 18.7. The summed E-state index contributed by atoms with van der Waals surface area (Å²) in [7, 11) is 0. The molecule has 1 aromatic carbocycles. The van der Waals surface area contributed by atoms with Gasteiger partial charge in [0.1, 0.15) is 17.2 Å². The zero-order valence-corrected chi connectivity index (χ0v) is 14.8. The molecule has 3 rings (SSSR count). The van der Waals surface area contributed by atoms with Gasteiger partial charge in [-0.05, 0) is 24.6 Å². The lowest BCUT2D eigenvalue weighted by atomic mass is 10.2. The summed E-state index contributed by atoms with van der Waals surface area (Å²) in [6.07, 6.45) is -3.25. The van der Waals surface area contributed by atoms with Crippen LogP contribution in [-0.2, 0) is 0 Å². The second kappa shape index (κ2) is 7.53. The standard InChI is InChI=1S/C17H17F3N2O3S/c1-2-3-6-22(9-17(18,19)20)16(23)12-8-26-15(21-12)11-4-5-13-14(7-11)25-10-24-13/h4-5,7-8H,2-3,6,9-10H2,1H3. The van der Waals surface area contributed by atoms with Crippen molar-refractivity contribution in [2.24, 2.45) is 0 Å². The first kappa shape index (κ1) is 18.5. The molecule has 5 nitrogen and oxygen atoms in total. The molecule has 0 radical (unpaired) electrons. The highest BCUT2D eigenvalue weighted by atomic mass is 32.1. The topological polar surface area (TPSA) is 51.7 Å². The number of hydrogen-bond acceptors (Lipinski definition) is 5. The van der Waals surface area contributed by atoms with Gasteiger partial charge in [0.25, 0.3) is 5.91 Å². The number of benzene rings is 1. The van der Waals surface area contributed by atoms with Crippen LogP contribution in [0.1, 0.15) is 30.3 Å². The predicted molar refractivity (Wildman–Crippen MR) is 90.5 cm³/mol. The van der Waals surface area contributed by atoms with Crippen molar-refractivity contribution < 1.29 is 27.4 Å². The maximum Gasteiger partial charge on any atom is 0.406 e. The number of carbonyl (C=O) groups excluding carboxylic acids is 1. The molecule has 0 aliphatic carbocycles. The average molecular weight is 386 g/mol. The summed E-state index contributed by atoms with van der Waals surface area (Å²) in [5.74, 6) is 0.490. The average Bonchev–Trinajstić information content (AvgIpc) is 3.25. The molecule has 140 valence electrons. The van der Waals surface area contributed by atoms with Gasteiger partial charge in [0.2, 0.25) is 6.79 Å². The van der Waals surface area contributed by atoms with E-state index in [0.29, 0.717) is 34.9 Å². The summed E-state index contributed by atoms with van der Waals surface area (Å²) in [6.45, 7) is 0.773. The maximum absolute atomic E-state index is 12.8. The van der Waals surface area contributed by atoms with Gasteiger partial charge < -0.3 is 14.4 Å². The minimum Gasteiger partial charge on any atom is -0.454 e. The van der Waals surface area contributed by atoms with Gasteiger partial charge in [-0.3, -0.25) is 4.79 Å². The highest BCUT2D eigenvalue weighted by Gasteiger charge is 2.33. The Hall–Kier alpha value is -2.29. The fraction of sp³-hybridized carbons (Fsp3) is 0.412. The van der Waals surface area contributed by atoms with Crippen molar-refractivity contribution in [3.8, 4) is 22.1 Å². The van der Waals surface area contributed by atoms with Gasteiger partial charge in [-0.25, -0.2) is 4.98 Å². The molecule has 1 aliphatic rings. The van der Waals surface area contributed by atoms with E-state index in [-0.39, 0.29) is 19.0 Å². The van der Waals surface area contributed by atoms with Crippen LogP contribution in [0.2, 0.25) is 0 Å². The van der Waals surface area contributed by atoms with Crippen LogP contribution < -0.4 is 9.47 Å². The Bertz CT molecular complexity index is 792. The monoisotopic (exact) mass is 386 g/mol. The largest absolute Gasteiger partial charge is 0.454 e. The molecule has 1 aliphatic heterocycles. The summed E-state index contributed by atoms with van der Waals surface area (Å²) in [5.41, 5.74) is 0.734. The quantitative estimate of drug-likeness (QED) is 0.741. The lowest BCUT2D eigenvalue weighted by Crippen LogP contribution is -2.39. The molecule has 1 amide bonds. The fourth-order valence-electron chi connectivity index (χ4n) is 2.51. The minimum atomic E-state index is -4.44. The normalized spacial score (nSPS) is 13.1. The fourth-order valence-corrected chi connectivity index (χ4v) is 3.30. The Morgan fingerprint density at radius 3 is 2.81 bits per heavy atom. The Balaban J connectivity index is 1.79. The minimum absolute atomic E-state index is 0.0167. The van der Waals surface area contributed by atoms with Crippen LogP contribution in [0.4, 0.5) is 13.2 Å². The van der Waals surface area contributed by atoms with Crippen LogP contribution >= 0.6 is 11.3 Å². The molecule has 0 spiro atoms. The third kappa shape index (κ3) is 4.27. The van der Waals surface area contributed by atoms with E-state index in [1.807, 2.05) is 6.92 Å². The number of fused-ring (bicyclic) bond motifs is 1. The number of alkyl halides is 3. The smallest absolute Gasteiger partial charge is 0.406 e. The van der Waals surface area contributed by atoms with E-state index in [1.54, 1.807) is 18.2 Å². The van der Waals surface area contributed by atoms with Gasteiger partial charge >= 0.3 is 6.18 Å². The van der Waals surface area contributed by atoms with E-state index >= 15 is 0 Å². The molecule has 1 aromatic heterocycles. The summed E-state index contributed by atoms with van der Waals surface area (Å²) >= 11 is 1.20. The number of carbonyl (C=O) groups is 1. The van der Waals surface area contributed by atoms with E-state index in [4.69, 9.17) is 9.47 Å². The van der Waals surface area contributed by atoms with Crippen molar-refractivity contribution in [2.45, 2.75) is 25.9 Å². The third-order valence-corrected chi connectivity index (χ3v) is 4.67. The van der Waals surface area contributed by atoms with E-state index in [2.05, 4.69) is 4.98 Å². The number of ether oxygens (including phenoxy) is 2. The van der Waals surface area contributed by atoms with Crippen LogP contribution in [0.3, 0.4) is 0 Å². The molecule has 0 fully saturated rings. The Morgan fingerprint density at radius 1 is 1.31 bits per heavy atom. The Kier molecular flexibility index (Phi) is 5.36. The third-order valence-electron chi connectivity index (χ3n) is 3.78. The SMILES string of the molecule is CCCCN(CC(F)(F)F)C(=O)c1csc(-c2ccc3c(c2)OCO3)n1. The number of unbranched alkanes of at least 4 members (excludes halogenated alkanes) is 1. The summed E-state index contributed by atoms with van der Waals surface area (Å²) in [4.78, 5) is 17.5. The van der Waals surface area contributed by atoms with Gasteiger partial charge in [0.05, 0.1) is 0 Å². The van der Waals surface area contributed by atoms with Crippen molar-refractivity contribution >= 4 is 17.2 Å². The molecule has 0 saturated carbocycles. The van der Waals surface area contributed by atoms with Gasteiger partial charge in [-0.15, -0.1) is 11.3 Å². The Labute approximate surface area is 152 Å². The van der Waals surface area contributed by atoms with E-state index in [1.165, 1.54) is 16.7 Å². The van der Waals surface area contributed by atoms with Gasteiger partial charge in [0, 0.05) is 17.5 Å². The van der Waals surface area contributed by atoms with Crippen molar-refractivity contribution in [3.63, 3.8) is 0 Å². The molecular weight excluding hydrogens is 369 g/mol. The van der Waals surface area contributed by atoms with Gasteiger partial charge in [0.15, 0.2) is 11.5 Å². The molecule has 26 heavy (non-hydrogen) atoms. The lowest BCUT2D eigenvalue weighted by molar-refractivity contribution is -0.140. The van der Waals surface area contributed by atoms with E-state index in [9.17, 15) is 18.0 Å². The first-order valence-electron chi connectivity index (χ1n) is 8.09. The molecule has 2 aromatic rings. The van der Waals surface area contributed by atoms with Gasteiger partial charge in [-0.2, -0.15) is 13.2 Å². The second-order valence-electron chi connectivity index (χ2n) is 5.80. The van der Waals surface area contributed by atoms with Crippen LogP contribution in [-0.4, -0.2) is 41.8 Å². The molecule has 9 heteroatoms. The van der Waals surface area contributed by atoms with Crippen LogP contribution in [0.5, 0.6) is 11.5 Å². The van der Waals surface area contributed by atoms with E-state index < -0.39 is 18.6 Å². The number of nitrogens with zero attached hydrogens (tertiary/aromatic N) is 2. The summed E-state index contributed by atoms with van der Waals surface area (Å²) in [6, 6.07) is 5.24. The Morgan fingerprint density at radius 2 is 2.08 bits per heavy atom. The number of rotatable bonds is 6. The lowest BCUT2D eigenvalue weighted by Gasteiger charge is -2.22. The molecule has 2 heterocycles. The number of amides is 1. The van der Waals surface area contributed by atoms with E-state index in [0.717, 1.165) is 4.90 Å². The van der Waals surface area contributed by atoms with Crippen molar-refractivity contribution in [2.75, 3.05) is 19.9 Å². The number of aromatic nitrogens is 1. The highest BCUT2D eigenvalue weighted by Crippen LogP contribution is 2.36. The predicted octanol–water partition coefficient (Wildman–Crippen LogP) is 4.34. The maximum atomic E-state index is 12.8. The summed E-state index contributed by atoms with van der Waals surface area (Å²) < 4.78 is 48.9. The molecule has 0 unspecified atom stereocenters. The van der Waals surface area contributed by atoms with Crippen molar-refractivity contribution in [3.05, 3.63) is 29.3 Å². The van der Waals surface area contributed by atoms with Crippen LogP contribution in [0.15, 0.2) is 23.6 Å². The van der Waals surface area contributed by atoms with Gasteiger partial charge in [-0.1, -0.05) is 13.3 Å². The molecule has 0 bridgehead atoms. The summed E-state index contributed by atoms with van der Waals surface area (Å²) in [5, 5.41) is 2.02. The first-order valence-corrected chi connectivity index (χ1v) is 8.97. The van der Waals surface area contributed by atoms with Crippen molar-refractivity contribution in [1.82, 2.24) is 9.88 Å². The molecule has 0 N–H and O–H groups in total. The highest BCUT2D eigenvalue weighted by molar-refractivity contribution is 7.13.